The summed E-state index contributed by atoms with van der Waals surface area (Å²) >= 11 is 0. The van der Waals surface area contributed by atoms with Crippen molar-refractivity contribution in [3.8, 4) is 0 Å². The Kier molecular flexibility index (Phi) is 5.48. The van der Waals surface area contributed by atoms with E-state index in [-0.39, 0.29) is 10.7 Å². The number of hydrogen-bond donors (Lipinski definition) is 1. The Bertz CT molecular complexity index is 866. The number of hydrogen-bond acceptors (Lipinski definition) is 4. The average molecular weight is 377 g/mol. The number of nitrogens with zero attached hydrogens (tertiary/aromatic N) is 2. The summed E-state index contributed by atoms with van der Waals surface area (Å²) < 4.78 is 42.3. The van der Waals surface area contributed by atoms with Gasteiger partial charge in [0, 0.05) is 25.7 Å². The molecule has 0 aromatic heterocycles. The minimum absolute atomic E-state index is 0.176. The second kappa shape index (κ2) is 7.63. The van der Waals surface area contributed by atoms with Gasteiger partial charge in [0.1, 0.15) is 5.82 Å². The summed E-state index contributed by atoms with van der Waals surface area (Å²) in [5.74, 6) is -0.363. The van der Waals surface area contributed by atoms with Gasteiger partial charge < -0.3 is 5.01 Å². The monoisotopic (exact) mass is 377 g/mol. The fourth-order valence-corrected chi connectivity index (χ4v) is 4.44. The van der Waals surface area contributed by atoms with Crippen molar-refractivity contribution in [1.82, 2.24) is 5.01 Å². The van der Waals surface area contributed by atoms with Crippen LogP contribution in [0.25, 0.3) is 0 Å². The normalized spacial score (nSPS) is 15.7. The van der Waals surface area contributed by atoms with Gasteiger partial charge in [-0.1, -0.05) is 24.6 Å². The first-order valence-electron chi connectivity index (χ1n) is 8.76. The van der Waals surface area contributed by atoms with Gasteiger partial charge in [0.05, 0.1) is 16.3 Å². The van der Waals surface area contributed by atoms with Gasteiger partial charge in [-0.2, -0.15) is 0 Å². The van der Waals surface area contributed by atoms with E-state index in [4.69, 9.17) is 0 Å². The van der Waals surface area contributed by atoms with Crippen LogP contribution in [0.5, 0.6) is 0 Å². The first-order chi connectivity index (χ1) is 12.4. The van der Waals surface area contributed by atoms with Crippen LogP contribution in [0.1, 0.15) is 24.8 Å². The minimum Gasteiger partial charge on any atom is -0.306 e. The molecule has 0 spiro atoms. The molecule has 1 N–H and O–H groups in total. The van der Waals surface area contributed by atoms with Crippen molar-refractivity contribution in [2.24, 2.45) is 0 Å². The Morgan fingerprint density at radius 1 is 1.04 bits per heavy atom. The molecular weight excluding hydrogens is 353 g/mol. The van der Waals surface area contributed by atoms with Crippen LogP contribution in [0.15, 0.2) is 47.4 Å². The number of hydrazine groups is 1. The maximum Gasteiger partial charge on any atom is 0.261 e. The van der Waals surface area contributed by atoms with Crippen LogP contribution in [0, 0.1) is 12.7 Å². The Morgan fingerprint density at radius 2 is 1.69 bits per heavy atom. The zero-order valence-corrected chi connectivity index (χ0v) is 15.9. The Hall–Kier alpha value is -2.12. The molecule has 0 bridgehead atoms. The molecule has 1 heterocycles. The quantitative estimate of drug-likeness (QED) is 0.862. The van der Waals surface area contributed by atoms with E-state index in [0.29, 0.717) is 16.9 Å². The molecule has 1 fully saturated rings. The summed E-state index contributed by atoms with van der Waals surface area (Å²) in [5.41, 5.74) is 1.35. The minimum atomic E-state index is -3.72. The molecule has 2 aromatic carbocycles. The molecule has 1 aliphatic rings. The van der Waals surface area contributed by atoms with Crippen LogP contribution in [0.3, 0.4) is 0 Å². The van der Waals surface area contributed by atoms with Gasteiger partial charge in [-0.15, -0.1) is 0 Å². The van der Waals surface area contributed by atoms with Gasteiger partial charge in [-0.3, -0.25) is 4.72 Å². The van der Waals surface area contributed by atoms with Gasteiger partial charge in [0.15, 0.2) is 0 Å². The third kappa shape index (κ3) is 3.83. The predicted octanol–water partition coefficient (Wildman–Crippen LogP) is 3.77. The van der Waals surface area contributed by atoms with E-state index in [1.807, 2.05) is 12.1 Å². The highest BCUT2D eigenvalue weighted by Crippen LogP contribution is 2.32. The third-order valence-electron chi connectivity index (χ3n) is 4.76. The van der Waals surface area contributed by atoms with Gasteiger partial charge in [-0.25, -0.2) is 17.8 Å². The highest BCUT2D eigenvalue weighted by molar-refractivity contribution is 7.92. The van der Waals surface area contributed by atoms with Crippen LogP contribution in [-0.4, -0.2) is 33.6 Å². The average Bonchev–Trinajstić information content (AvgIpc) is 2.65. The van der Waals surface area contributed by atoms with Gasteiger partial charge in [-0.05, 0) is 44.0 Å². The molecule has 0 aliphatic carbocycles. The second-order valence-electron chi connectivity index (χ2n) is 6.53. The lowest BCUT2D eigenvalue weighted by atomic mass is 10.1. The van der Waals surface area contributed by atoms with Crippen LogP contribution in [-0.2, 0) is 10.0 Å². The SMILES string of the molecule is Cc1c(NS(=O)(=O)c2ccccc2)ccc(F)c1N(C)N1CCCCC1. The van der Waals surface area contributed by atoms with E-state index in [0.717, 1.165) is 25.9 Å². The number of nitrogens with one attached hydrogen (secondary N) is 1. The molecule has 2 aromatic rings. The standard InChI is InChI=1S/C19H24FN3O2S/c1-15-18(21-26(24,25)16-9-5-3-6-10-16)12-11-17(20)19(15)22(2)23-13-7-4-8-14-23/h3,5-6,9-12,21H,4,7-8,13-14H2,1-2H3. The largest absolute Gasteiger partial charge is 0.306 e. The number of rotatable bonds is 5. The maximum absolute atomic E-state index is 14.5. The van der Waals surface area contributed by atoms with Gasteiger partial charge in [0.25, 0.3) is 10.0 Å². The van der Waals surface area contributed by atoms with Crippen molar-refractivity contribution in [2.45, 2.75) is 31.1 Å². The summed E-state index contributed by atoms with van der Waals surface area (Å²) in [6.45, 7) is 3.48. The Labute approximate surface area is 154 Å². The van der Waals surface area contributed by atoms with Crippen LogP contribution in [0.2, 0.25) is 0 Å². The fourth-order valence-electron chi connectivity index (χ4n) is 3.30. The van der Waals surface area contributed by atoms with Gasteiger partial charge >= 0.3 is 0 Å². The van der Waals surface area contributed by atoms with Crippen LogP contribution in [0.4, 0.5) is 15.8 Å². The van der Waals surface area contributed by atoms with Crippen LogP contribution < -0.4 is 9.73 Å². The zero-order chi connectivity index (χ0) is 18.7. The van der Waals surface area contributed by atoms with Crippen LogP contribution >= 0.6 is 0 Å². The number of sulfonamides is 1. The lowest BCUT2D eigenvalue weighted by Gasteiger charge is -2.37. The summed E-state index contributed by atoms with van der Waals surface area (Å²) in [6.07, 6.45) is 3.33. The van der Waals surface area contributed by atoms with Gasteiger partial charge in [0.2, 0.25) is 0 Å². The lowest BCUT2D eigenvalue weighted by molar-refractivity contribution is 0.218. The van der Waals surface area contributed by atoms with E-state index in [9.17, 15) is 12.8 Å². The summed E-state index contributed by atoms with van der Waals surface area (Å²) in [4.78, 5) is 0.176. The number of benzene rings is 2. The van der Waals surface area contributed by atoms with E-state index >= 15 is 0 Å². The topological polar surface area (TPSA) is 52.7 Å². The molecule has 3 rings (SSSR count). The predicted molar refractivity (Wildman–Crippen MR) is 102 cm³/mol. The molecule has 1 saturated heterocycles. The molecule has 26 heavy (non-hydrogen) atoms. The lowest BCUT2D eigenvalue weighted by Crippen LogP contribution is -2.44. The van der Waals surface area contributed by atoms with E-state index < -0.39 is 10.0 Å². The Balaban J connectivity index is 1.92. The fraction of sp³-hybridized carbons (Fsp3) is 0.368. The maximum atomic E-state index is 14.5. The smallest absolute Gasteiger partial charge is 0.261 e. The highest BCUT2D eigenvalue weighted by atomic mass is 32.2. The van der Waals surface area contributed by atoms with E-state index in [1.165, 1.54) is 30.7 Å². The summed E-state index contributed by atoms with van der Waals surface area (Å²) in [6, 6.07) is 10.9. The van der Waals surface area contributed by atoms with Crippen molar-refractivity contribution in [3.05, 3.63) is 53.8 Å². The summed E-state index contributed by atoms with van der Waals surface area (Å²) in [5, 5.41) is 3.91. The van der Waals surface area contributed by atoms with Crippen molar-refractivity contribution >= 4 is 21.4 Å². The highest BCUT2D eigenvalue weighted by Gasteiger charge is 2.23. The van der Waals surface area contributed by atoms with Crippen molar-refractivity contribution in [2.75, 3.05) is 29.9 Å². The molecule has 140 valence electrons. The van der Waals surface area contributed by atoms with Crippen molar-refractivity contribution in [3.63, 3.8) is 0 Å². The zero-order valence-electron chi connectivity index (χ0n) is 15.1. The molecule has 0 saturated carbocycles. The van der Waals surface area contributed by atoms with Crippen molar-refractivity contribution < 1.29 is 12.8 Å². The molecule has 5 nitrogen and oxygen atoms in total. The molecule has 1 aliphatic heterocycles. The third-order valence-corrected chi connectivity index (χ3v) is 6.14. The molecule has 0 radical (unpaired) electrons. The molecule has 0 atom stereocenters. The number of anilines is 2. The number of halogens is 1. The Morgan fingerprint density at radius 3 is 2.35 bits per heavy atom. The number of piperidine rings is 1. The van der Waals surface area contributed by atoms with E-state index in [1.54, 1.807) is 25.1 Å². The molecule has 7 heteroatoms. The first-order valence-corrected chi connectivity index (χ1v) is 10.2. The van der Waals surface area contributed by atoms with E-state index in [2.05, 4.69) is 9.73 Å². The second-order valence-corrected chi connectivity index (χ2v) is 8.21. The first kappa shape index (κ1) is 18.7. The molecule has 0 amide bonds. The molecular formula is C19H24FN3O2S. The van der Waals surface area contributed by atoms with Crippen molar-refractivity contribution in [1.29, 1.82) is 0 Å². The summed E-state index contributed by atoms with van der Waals surface area (Å²) in [7, 11) is -1.89. The molecule has 0 unspecified atom stereocenters.